The molecule has 29 heavy (non-hydrogen) atoms. The number of aromatic nitrogens is 3. The summed E-state index contributed by atoms with van der Waals surface area (Å²) in [6.45, 7) is 4.47. The summed E-state index contributed by atoms with van der Waals surface area (Å²) in [5.74, 6) is 6.68. The summed E-state index contributed by atoms with van der Waals surface area (Å²) < 4.78 is 0. The van der Waals surface area contributed by atoms with Crippen LogP contribution < -0.4 is 11.2 Å². The number of anilines is 1. The van der Waals surface area contributed by atoms with Gasteiger partial charge in [-0.25, -0.2) is 9.97 Å². The number of fused-ring (bicyclic) bond motifs is 3. The van der Waals surface area contributed by atoms with E-state index < -0.39 is 0 Å². The summed E-state index contributed by atoms with van der Waals surface area (Å²) in [5.41, 5.74) is 2.53. The molecule has 0 amide bonds. The Balaban J connectivity index is 1.53. The molecule has 1 aromatic carbocycles. The molecule has 1 fully saturated rings. The maximum atomic E-state index is 5.44. The van der Waals surface area contributed by atoms with Crippen LogP contribution in [-0.4, -0.2) is 58.9 Å². The molecule has 0 bridgehead atoms. The summed E-state index contributed by atoms with van der Waals surface area (Å²) >= 11 is 0. The largest absolute Gasteiger partial charge is 0.369 e. The monoisotopic (exact) mass is 393 g/mol. The third-order valence-electron chi connectivity index (χ3n) is 5.36. The van der Waals surface area contributed by atoms with Crippen LogP contribution in [0.2, 0.25) is 0 Å². The lowest BCUT2D eigenvalue weighted by Crippen LogP contribution is -2.31. The van der Waals surface area contributed by atoms with Crippen molar-refractivity contribution < 1.29 is 0 Å². The van der Waals surface area contributed by atoms with Gasteiger partial charge in [0.25, 0.3) is 0 Å². The number of amidine groups is 1. The number of piperidine rings is 1. The fraction of sp³-hybridized carbons (Fsp3) is 0.450. The minimum Gasteiger partial charge on any atom is -0.369 e. The number of hydrogen-bond acceptors (Lipinski definition) is 7. The molecule has 0 unspecified atom stereocenters. The van der Waals surface area contributed by atoms with Crippen LogP contribution in [0.1, 0.15) is 31.2 Å². The van der Waals surface area contributed by atoms with E-state index in [1.165, 1.54) is 32.4 Å². The first kappa shape index (κ1) is 19.3. The highest BCUT2D eigenvalue weighted by molar-refractivity contribution is 6.13. The molecule has 0 radical (unpaired) electrons. The van der Waals surface area contributed by atoms with Crippen LogP contribution in [0.5, 0.6) is 0 Å². The van der Waals surface area contributed by atoms with Crippen molar-refractivity contribution in [2.75, 3.05) is 38.5 Å². The Morgan fingerprint density at radius 1 is 1.24 bits per heavy atom. The molecule has 9 nitrogen and oxygen atoms in total. The summed E-state index contributed by atoms with van der Waals surface area (Å²) in [5, 5.41) is 17.0. The first-order valence-corrected chi connectivity index (χ1v) is 10.1. The van der Waals surface area contributed by atoms with Crippen LogP contribution in [0.15, 0.2) is 39.9 Å². The van der Waals surface area contributed by atoms with Crippen LogP contribution in [0, 0.1) is 0 Å². The Morgan fingerprint density at radius 3 is 2.90 bits per heavy atom. The summed E-state index contributed by atoms with van der Waals surface area (Å²) in [6.07, 6.45) is 6.71. The number of nitrogens with zero attached hydrogens (tertiary/aromatic N) is 6. The van der Waals surface area contributed by atoms with Gasteiger partial charge in [-0.2, -0.15) is 10.2 Å². The third-order valence-corrected chi connectivity index (χ3v) is 5.36. The van der Waals surface area contributed by atoms with Crippen molar-refractivity contribution in [3.8, 4) is 0 Å². The zero-order valence-electron chi connectivity index (χ0n) is 16.7. The number of nitrogens with two attached hydrogens (primary N) is 1. The minimum atomic E-state index is 0.384. The van der Waals surface area contributed by atoms with Crippen LogP contribution in [0.3, 0.4) is 0 Å². The topological polar surface area (TPSA) is 120 Å². The molecular formula is C20H27N9. The van der Waals surface area contributed by atoms with Crippen molar-refractivity contribution in [3.63, 3.8) is 0 Å². The predicted molar refractivity (Wildman–Crippen MR) is 116 cm³/mol. The Hall–Kier alpha value is -3.07. The quantitative estimate of drug-likeness (QED) is 0.148. The van der Waals surface area contributed by atoms with Crippen molar-refractivity contribution in [2.24, 2.45) is 21.2 Å². The number of benzene rings is 1. The van der Waals surface area contributed by atoms with Crippen LogP contribution >= 0.6 is 0 Å². The number of aromatic amines is 1. The Bertz CT molecular complexity index is 1030. The zero-order chi connectivity index (χ0) is 20.1. The number of azo groups is 1. The van der Waals surface area contributed by atoms with E-state index in [9.17, 15) is 0 Å². The SMILES string of the molecule is CN=NC(=NN)c1ccc2c(c1)[nH]c1ncnc(NCCCN3CCCCC3)c12. The van der Waals surface area contributed by atoms with E-state index in [1.54, 1.807) is 13.4 Å². The fourth-order valence-electron chi connectivity index (χ4n) is 3.95. The smallest absolute Gasteiger partial charge is 0.200 e. The standard InChI is InChI=1S/C20H27N9/c1-22-28-18(27-21)14-6-7-15-16(12-14)26-20-17(15)19(24-13-25-20)23-8-5-11-29-9-3-2-4-10-29/h6-7,12-13H,2-5,8-11,21H2,1H3,(H2,23,24,25,26). The van der Waals surface area contributed by atoms with E-state index in [4.69, 9.17) is 5.84 Å². The van der Waals surface area contributed by atoms with Gasteiger partial charge in [0.05, 0.1) is 5.39 Å². The molecule has 3 heterocycles. The van der Waals surface area contributed by atoms with Crippen molar-refractivity contribution in [2.45, 2.75) is 25.7 Å². The third kappa shape index (κ3) is 4.19. The lowest BCUT2D eigenvalue weighted by atomic mass is 10.1. The van der Waals surface area contributed by atoms with Crippen molar-refractivity contribution in [1.29, 1.82) is 0 Å². The summed E-state index contributed by atoms with van der Waals surface area (Å²) in [6, 6.07) is 5.91. The lowest BCUT2D eigenvalue weighted by molar-refractivity contribution is 0.228. The average molecular weight is 393 g/mol. The second-order valence-corrected chi connectivity index (χ2v) is 7.27. The fourth-order valence-corrected chi connectivity index (χ4v) is 3.95. The zero-order valence-corrected chi connectivity index (χ0v) is 16.7. The van der Waals surface area contributed by atoms with Crippen LogP contribution in [-0.2, 0) is 0 Å². The van der Waals surface area contributed by atoms with Gasteiger partial charge in [0.2, 0.25) is 0 Å². The number of likely N-dealkylation sites (tertiary alicyclic amines) is 1. The molecule has 1 aliphatic rings. The number of hydrazone groups is 1. The molecule has 0 saturated carbocycles. The normalized spacial score (nSPS) is 16.2. The molecular weight excluding hydrogens is 366 g/mol. The van der Waals surface area contributed by atoms with E-state index in [1.807, 2.05) is 18.2 Å². The molecule has 1 saturated heterocycles. The maximum Gasteiger partial charge on any atom is 0.200 e. The average Bonchev–Trinajstić information content (AvgIpc) is 3.14. The van der Waals surface area contributed by atoms with Gasteiger partial charge in [-0.15, -0.1) is 5.11 Å². The predicted octanol–water partition coefficient (Wildman–Crippen LogP) is 3.10. The maximum absolute atomic E-state index is 5.44. The van der Waals surface area contributed by atoms with Gasteiger partial charge in [0.15, 0.2) is 5.84 Å². The second-order valence-electron chi connectivity index (χ2n) is 7.27. The van der Waals surface area contributed by atoms with Crippen molar-refractivity contribution in [1.82, 2.24) is 19.9 Å². The van der Waals surface area contributed by atoms with Gasteiger partial charge >= 0.3 is 0 Å². The van der Waals surface area contributed by atoms with Gasteiger partial charge in [-0.3, -0.25) is 0 Å². The van der Waals surface area contributed by atoms with Gasteiger partial charge in [0.1, 0.15) is 17.8 Å². The number of nitrogens with one attached hydrogen (secondary N) is 2. The van der Waals surface area contributed by atoms with Gasteiger partial charge in [-0.1, -0.05) is 18.6 Å². The van der Waals surface area contributed by atoms with Crippen LogP contribution in [0.25, 0.3) is 21.9 Å². The highest BCUT2D eigenvalue weighted by Crippen LogP contribution is 2.29. The lowest BCUT2D eigenvalue weighted by Gasteiger charge is -2.26. The molecule has 0 aliphatic carbocycles. The van der Waals surface area contributed by atoms with E-state index in [2.05, 4.69) is 40.5 Å². The van der Waals surface area contributed by atoms with E-state index in [-0.39, 0.29) is 0 Å². The van der Waals surface area contributed by atoms with Gasteiger partial charge < -0.3 is 21.0 Å². The van der Waals surface area contributed by atoms with E-state index in [0.29, 0.717) is 5.84 Å². The molecule has 152 valence electrons. The number of hydrogen-bond donors (Lipinski definition) is 3. The van der Waals surface area contributed by atoms with E-state index in [0.717, 1.165) is 52.8 Å². The van der Waals surface area contributed by atoms with Crippen molar-refractivity contribution >= 4 is 33.6 Å². The van der Waals surface area contributed by atoms with Crippen molar-refractivity contribution in [3.05, 3.63) is 30.1 Å². The minimum absolute atomic E-state index is 0.384. The summed E-state index contributed by atoms with van der Waals surface area (Å²) in [7, 11) is 1.59. The second kappa shape index (κ2) is 8.95. The molecule has 1 aliphatic heterocycles. The molecule has 3 aromatic rings. The number of rotatable bonds is 6. The molecule has 2 aromatic heterocycles. The molecule has 0 atom stereocenters. The Labute approximate surface area is 169 Å². The first-order chi connectivity index (χ1) is 14.3. The molecule has 4 rings (SSSR count). The van der Waals surface area contributed by atoms with E-state index >= 15 is 0 Å². The molecule has 4 N–H and O–H groups in total. The number of H-pyrrole nitrogens is 1. The van der Waals surface area contributed by atoms with Gasteiger partial charge in [-0.05, 0) is 45.0 Å². The summed E-state index contributed by atoms with van der Waals surface area (Å²) in [4.78, 5) is 14.8. The highest BCUT2D eigenvalue weighted by atomic mass is 15.2. The van der Waals surface area contributed by atoms with Gasteiger partial charge in [0, 0.05) is 30.1 Å². The van der Waals surface area contributed by atoms with Crippen LogP contribution in [0.4, 0.5) is 5.82 Å². The molecule has 0 spiro atoms. The Kier molecular flexibility index (Phi) is 5.95. The first-order valence-electron chi connectivity index (χ1n) is 10.1. The molecule has 9 heteroatoms. The highest BCUT2D eigenvalue weighted by Gasteiger charge is 2.13. The Morgan fingerprint density at radius 2 is 2.10 bits per heavy atom.